The Kier molecular flexibility index (Phi) is 4.28. The van der Waals surface area contributed by atoms with Crippen molar-refractivity contribution in [3.8, 4) is 0 Å². The summed E-state index contributed by atoms with van der Waals surface area (Å²) >= 11 is 12.3. The molecule has 0 amide bonds. The van der Waals surface area contributed by atoms with Crippen molar-refractivity contribution >= 4 is 23.2 Å². The van der Waals surface area contributed by atoms with E-state index in [1.54, 1.807) is 0 Å². The average Bonchev–Trinajstić information content (AvgIpc) is 2.49. The molecule has 0 aliphatic rings. The fraction of sp³-hybridized carbons (Fsp3) is 0.0526. The van der Waals surface area contributed by atoms with E-state index in [0.717, 1.165) is 21.2 Å². The van der Waals surface area contributed by atoms with Crippen LogP contribution in [0.3, 0.4) is 0 Å². The van der Waals surface area contributed by atoms with Crippen molar-refractivity contribution in [2.45, 2.75) is 5.92 Å². The Balaban J connectivity index is 2.16. The molecule has 0 aliphatic heterocycles. The molecule has 0 fully saturated rings. The zero-order valence-electron chi connectivity index (χ0n) is 11.3. The first-order chi connectivity index (χ1) is 10.2. The molecule has 0 saturated carbocycles. The van der Waals surface area contributed by atoms with Crippen LogP contribution in [0.4, 0.5) is 0 Å². The Hall–Kier alpha value is -1.76. The first-order valence-corrected chi connectivity index (χ1v) is 7.55. The van der Waals surface area contributed by atoms with E-state index >= 15 is 0 Å². The van der Waals surface area contributed by atoms with Gasteiger partial charge in [-0.15, -0.1) is 0 Å². The maximum atomic E-state index is 6.17. The summed E-state index contributed by atoms with van der Waals surface area (Å²) in [4.78, 5) is 0. The third kappa shape index (κ3) is 3.29. The van der Waals surface area contributed by atoms with Crippen LogP contribution in [0, 0.1) is 0 Å². The molecule has 3 aromatic carbocycles. The quantitative estimate of drug-likeness (QED) is 0.507. The Morgan fingerprint density at radius 2 is 1.00 bits per heavy atom. The summed E-state index contributed by atoms with van der Waals surface area (Å²) in [6.07, 6.45) is 0. The monoisotopic (exact) mass is 312 g/mol. The number of halogens is 2. The van der Waals surface area contributed by atoms with E-state index in [9.17, 15) is 0 Å². The van der Waals surface area contributed by atoms with E-state index in [-0.39, 0.29) is 5.92 Å². The van der Waals surface area contributed by atoms with Crippen LogP contribution in [0.1, 0.15) is 22.6 Å². The van der Waals surface area contributed by atoms with Gasteiger partial charge in [-0.1, -0.05) is 77.8 Å². The number of hydrogen-bond donors (Lipinski definition) is 0. The average molecular weight is 313 g/mol. The minimum atomic E-state index is 0.128. The van der Waals surface area contributed by atoms with Gasteiger partial charge in [0, 0.05) is 16.0 Å². The van der Waals surface area contributed by atoms with Gasteiger partial charge in [0.15, 0.2) is 0 Å². The summed E-state index contributed by atoms with van der Waals surface area (Å²) in [6, 6.07) is 26.4. The first kappa shape index (κ1) is 14.2. The van der Waals surface area contributed by atoms with Crippen molar-refractivity contribution < 1.29 is 0 Å². The second-order valence-corrected chi connectivity index (χ2v) is 5.83. The Labute approximate surface area is 135 Å². The third-order valence-electron chi connectivity index (χ3n) is 3.50. The second kappa shape index (κ2) is 6.34. The predicted octanol–water partition coefficient (Wildman–Crippen LogP) is 6.17. The lowest BCUT2D eigenvalue weighted by Crippen LogP contribution is -2.03. The van der Waals surface area contributed by atoms with Crippen molar-refractivity contribution in [2.75, 3.05) is 0 Å². The molecule has 0 spiro atoms. The van der Waals surface area contributed by atoms with Crippen LogP contribution in [-0.4, -0.2) is 0 Å². The SMILES string of the molecule is Clc1cccc(C(c2ccccc2)c2cccc(Cl)c2)c1. The molecule has 2 heteroatoms. The summed E-state index contributed by atoms with van der Waals surface area (Å²) in [5, 5.41) is 1.49. The molecular weight excluding hydrogens is 299 g/mol. The van der Waals surface area contributed by atoms with Crippen molar-refractivity contribution in [1.29, 1.82) is 0 Å². The molecule has 0 radical (unpaired) electrons. The predicted molar refractivity (Wildman–Crippen MR) is 90.3 cm³/mol. The Morgan fingerprint density at radius 1 is 0.524 bits per heavy atom. The van der Waals surface area contributed by atoms with Gasteiger partial charge in [-0.2, -0.15) is 0 Å². The molecular formula is C19H14Cl2. The molecule has 0 unspecified atom stereocenters. The summed E-state index contributed by atoms with van der Waals surface area (Å²) in [6.45, 7) is 0. The molecule has 0 heterocycles. The van der Waals surface area contributed by atoms with Crippen molar-refractivity contribution in [2.24, 2.45) is 0 Å². The number of rotatable bonds is 3. The van der Waals surface area contributed by atoms with Gasteiger partial charge in [0.05, 0.1) is 0 Å². The second-order valence-electron chi connectivity index (χ2n) is 4.95. The molecule has 0 N–H and O–H groups in total. The Bertz CT molecular complexity index is 690. The molecule has 3 aromatic rings. The first-order valence-electron chi connectivity index (χ1n) is 6.80. The normalized spacial score (nSPS) is 10.8. The van der Waals surface area contributed by atoms with E-state index in [0.29, 0.717) is 0 Å². The number of hydrogen-bond acceptors (Lipinski definition) is 0. The van der Waals surface area contributed by atoms with Crippen LogP contribution in [-0.2, 0) is 0 Å². The summed E-state index contributed by atoms with van der Waals surface area (Å²) in [5.41, 5.74) is 3.55. The van der Waals surface area contributed by atoms with E-state index in [2.05, 4.69) is 36.4 Å². The maximum absolute atomic E-state index is 6.17. The molecule has 0 bridgehead atoms. The van der Waals surface area contributed by atoms with Gasteiger partial charge < -0.3 is 0 Å². The highest BCUT2D eigenvalue weighted by molar-refractivity contribution is 6.31. The van der Waals surface area contributed by atoms with Crippen molar-refractivity contribution in [3.63, 3.8) is 0 Å². The lowest BCUT2D eigenvalue weighted by atomic mass is 9.85. The van der Waals surface area contributed by atoms with Crippen molar-refractivity contribution in [3.05, 3.63) is 106 Å². The van der Waals surface area contributed by atoms with Gasteiger partial charge in [0.25, 0.3) is 0 Å². The highest BCUT2D eigenvalue weighted by Crippen LogP contribution is 2.33. The molecule has 0 saturated heterocycles. The van der Waals surface area contributed by atoms with Crippen molar-refractivity contribution in [1.82, 2.24) is 0 Å². The largest absolute Gasteiger partial charge is 0.0843 e. The minimum absolute atomic E-state index is 0.128. The maximum Gasteiger partial charge on any atom is 0.0409 e. The minimum Gasteiger partial charge on any atom is -0.0843 e. The zero-order chi connectivity index (χ0) is 14.7. The van der Waals surface area contributed by atoms with Crippen LogP contribution >= 0.6 is 23.2 Å². The molecule has 3 rings (SSSR count). The van der Waals surface area contributed by atoms with E-state index in [1.807, 2.05) is 42.5 Å². The lowest BCUT2D eigenvalue weighted by Gasteiger charge is -2.19. The zero-order valence-corrected chi connectivity index (χ0v) is 12.9. The third-order valence-corrected chi connectivity index (χ3v) is 3.97. The van der Waals surface area contributed by atoms with Crippen LogP contribution < -0.4 is 0 Å². The van der Waals surface area contributed by atoms with Gasteiger partial charge >= 0.3 is 0 Å². The van der Waals surface area contributed by atoms with E-state index in [1.165, 1.54) is 5.56 Å². The summed E-state index contributed by atoms with van der Waals surface area (Å²) in [7, 11) is 0. The van der Waals surface area contributed by atoms with E-state index in [4.69, 9.17) is 23.2 Å². The summed E-state index contributed by atoms with van der Waals surface area (Å²) < 4.78 is 0. The molecule has 0 atom stereocenters. The molecule has 21 heavy (non-hydrogen) atoms. The molecule has 104 valence electrons. The van der Waals surface area contributed by atoms with Crippen LogP contribution in [0.2, 0.25) is 10.0 Å². The fourth-order valence-corrected chi connectivity index (χ4v) is 2.99. The highest BCUT2D eigenvalue weighted by atomic mass is 35.5. The van der Waals surface area contributed by atoms with E-state index < -0.39 is 0 Å². The smallest absolute Gasteiger partial charge is 0.0409 e. The molecule has 0 aliphatic carbocycles. The highest BCUT2D eigenvalue weighted by Gasteiger charge is 2.17. The molecule has 0 nitrogen and oxygen atoms in total. The van der Waals surface area contributed by atoms with Gasteiger partial charge in [-0.25, -0.2) is 0 Å². The van der Waals surface area contributed by atoms with Crippen LogP contribution in [0.5, 0.6) is 0 Å². The lowest BCUT2D eigenvalue weighted by molar-refractivity contribution is 0.978. The van der Waals surface area contributed by atoms with Gasteiger partial charge in [-0.3, -0.25) is 0 Å². The number of benzene rings is 3. The molecule has 0 aromatic heterocycles. The van der Waals surface area contributed by atoms with Crippen LogP contribution in [0.15, 0.2) is 78.9 Å². The summed E-state index contributed by atoms with van der Waals surface area (Å²) in [5.74, 6) is 0.128. The van der Waals surface area contributed by atoms with Gasteiger partial charge in [0.1, 0.15) is 0 Å². The standard InChI is InChI=1S/C19H14Cl2/c20-17-10-4-8-15(12-17)19(14-6-2-1-3-7-14)16-9-5-11-18(21)13-16/h1-13,19H. The fourth-order valence-electron chi connectivity index (χ4n) is 2.60. The van der Waals surface area contributed by atoms with Gasteiger partial charge in [-0.05, 0) is 41.0 Å². The van der Waals surface area contributed by atoms with Crippen LogP contribution in [0.25, 0.3) is 0 Å². The van der Waals surface area contributed by atoms with Gasteiger partial charge in [0.2, 0.25) is 0 Å². The Morgan fingerprint density at radius 3 is 1.48 bits per heavy atom. The topological polar surface area (TPSA) is 0 Å².